The number of anilines is 2. The van der Waals surface area contributed by atoms with Crippen molar-refractivity contribution < 1.29 is 13.2 Å². The number of aliphatic imine (C=N–C) groups is 1. The van der Waals surface area contributed by atoms with Crippen LogP contribution in [0.5, 0.6) is 0 Å². The predicted molar refractivity (Wildman–Crippen MR) is 97.9 cm³/mol. The van der Waals surface area contributed by atoms with Gasteiger partial charge in [0.2, 0.25) is 5.95 Å². The van der Waals surface area contributed by atoms with Crippen LogP contribution in [0.25, 0.3) is 0 Å². The van der Waals surface area contributed by atoms with Crippen LogP contribution in [0.2, 0.25) is 0 Å². The van der Waals surface area contributed by atoms with Gasteiger partial charge in [0.15, 0.2) is 0 Å². The molecule has 6 nitrogen and oxygen atoms in total. The fourth-order valence-corrected chi connectivity index (χ4v) is 3.97. The Bertz CT molecular complexity index is 1000. The van der Waals surface area contributed by atoms with Crippen LogP contribution in [-0.4, -0.2) is 32.5 Å². The molecule has 0 amide bonds. The Balaban J connectivity index is 1.41. The number of nitrogens with zero attached hydrogens (tertiary/aromatic N) is 5. The number of aromatic nitrogens is 4. The lowest BCUT2D eigenvalue weighted by molar-refractivity contribution is -0.138. The smallest absolute Gasteiger partial charge is 0.321 e. The first-order chi connectivity index (χ1) is 13.4. The van der Waals surface area contributed by atoms with E-state index >= 15 is 0 Å². The third-order valence-corrected chi connectivity index (χ3v) is 5.58. The average molecular weight is 388 g/mol. The van der Waals surface area contributed by atoms with Gasteiger partial charge >= 0.3 is 6.18 Å². The molecule has 1 aliphatic heterocycles. The Kier molecular flexibility index (Phi) is 3.82. The van der Waals surface area contributed by atoms with E-state index in [1.165, 1.54) is 11.1 Å². The summed E-state index contributed by atoms with van der Waals surface area (Å²) < 4.78 is 41.6. The molecule has 1 atom stereocenters. The number of nitrogens with one attached hydrogen (secondary N) is 1. The molecule has 1 N–H and O–H groups in total. The van der Waals surface area contributed by atoms with Gasteiger partial charge < -0.3 is 5.32 Å². The standard InChI is InChI=1S/C19H19F3N6/c1-10-15(9-28(27-10)16-5-4-12-6-23-7-13(12)16)25-18-24-8-14(19(20,21)22)17(26-18)11-2-3-11/h6,8-9,11,16H,2-5,7H2,1H3,(H,24,25,26). The first-order valence-corrected chi connectivity index (χ1v) is 9.39. The zero-order chi connectivity index (χ0) is 19.5. The SMILES string of the molecule is Cc1nn(C2CCC3=C2CN=C3)cc1Nc1ncc(C(F)(F)F)c(C2CC2)n1. The summed E-state index contributed by atoms with van der Waals surface area (Å²) in [5, 5.41) is 7.66. The molecule has 0 radical (unpaired) electrons. The van der Waals surface area contributed by atoms with Crippen molar-refractivity contribution in [1.29, 1.82) is 0 Å². The molecule has 1 fully saturated rings. The fourth-order valence-electron chi connectivity index (χ4n) is 3.97. The molecule has 3 heterocycles. The van der Waals surface area contributed by atoms with Crippen LogP contribution in [0, 0.1) is 6.92 Å². The molecule has 5 rings (SSSR count). The molecule has 1 unspecified atom stereocenters. The molecular weight excluding hydrogens is 369 g/mol. The second-order valence-corrected chi connectivity index (χ2v) is 7.57. The number of alkyl halides is 3. The lowest BCUT2D eigenvalue weighted by Gasteiger charge is -2.13. The minimum atomic E-state index is -4.44. The first kappa shape index (κ1) is 17.4. The van der Waals surface area contributed by atoms with Gasteiger partial charge in [-0.15, -0.1) is 0 Å². The third-order valence-electron chi connectivity index (χ3n) is 5.58. The Hall–Kier alpha value is -2.71. The lowest BCUT2D eigenvalue weighted by atomic mass is 10.1. The summed E-state index contributed by atoms with van der Waals surface area (Å²) in [4.78, 5) is 12.4. The van der Waals surface area contributed by atoms with Crippen LogP contribution in [0.4, 0.5) is 24.8 Å². The van der Waals surface area contributed by atoms with E-state index in [1.807, 2.05) is 24.0 Å². The van der Waals surface area contributed by atoms with Crippen LogP contribution < -0.4 is 5.32 Å². The Morgan fingerprint density at radius 1 is 1.21 bits per heavy atom. The molecule has 2 aromatic heterocycles. The van der Waals surface area contributed by atoms with Gasteiger partial charge in [-0.2, -0.15) is 18.3 Å². The van der Waals surface area contributed by atoms with E-state index in [1.54, 1.807) is 0 Å². The predicted octanol–water partition coefficient (Wildman–Crippen LogP) is 4.34. The number of hydrogen-bond donors (Lipinski definition) is 1. The van der Waals surface area contributed by atoms with Crippen molar-refractivity contribution in [3.63, 3.8) is 0 Å². The molecule has 146 valence electrons. The number of aryl methyl sites for hydroxylation is 1. The number of allylic oxidation sites excluding steroid dienone is 1. The van der Waals surface area contributed by atoms with Gasteiger partial charge in [-0.3, -0.25) is 9.67 Å². The summed E-state index contributed by atoms with van der Waals surface area (Å²) in [6, 6.07) is 0.183. The van der Waals surface area contributed by atoms with Crippen LogP contribution in [0.3, 0.4) is 0 Å². The van der Waals surface area contributed by atoms with Crippen molar-refractivity contribution >= 4 is 17.9 Å². The van der Waals surface area contributed by atoms with Gasteiger partial charge in [-0.1, -0.05) is 0 Å². The van der Waals surface area contributed by atoms with Crippen molar-refractivity contribution in [2.75, 3.05) is 11.9 Å². The molecular formula is C19H19F3N6. The Morgan fingerprint density at radius 2 is 2.04 bits per heavy atom. The van der Waals surface area contributed by atoms with Gasteiger partial charge in [-0.25, -0.2) is 9.97 Å². The van der Waals surface area contributed by atoms with Crippen molar-refractivity contribution in [1.82, 2.24) is 19.7 Å². The molecule has 1 saturated carbocycles. The monoisotopic (exact) mass is 388 g/mol. The molecule has 2 aromatic rings. The highest BCUT2D eigenvalue weighted by Crippen LogP contribution is 2.45. The maximum Gasteiger partial charge on any atom is 0.419 e. The average Bonchev–Trinajstić information content (AvgIpc) is 3.08. The topological polar surface area (TPSA) is 68.0 Å². The third kappa shape index (κ3) is 2.98. The second kappa shape index (κ2) is 6.15. The highest BCUT2D eigenvalue weighted by Gasteiger charge is 2.40. The van der Waals surface area contributed by atoms with Crippen LogP contribution in [0.15, 0.2) is 28.5 Å². The maximum absolute atomic E-state index is 13.2. The van der Waals surface area contributed by atoms with Gasteiger partial charge in [0, 0.05) is 24.5 Å². The minimum Gasteiger partial charge on any atom is -0.321 e. The first-order valence-electron chi connectivity index (χ1n) is 9.39. The normalized spacial score (nSPS) is 21.5. The molecule has 0 saturated heterocycles. The maximum atomic E-state index is 13.2. The number of hydrogen-bond acceptors (Lipinski definition) is 5. The van der Waals surface area contributed by atoms with E-state index in [4.69, 9.17) is 0 Å². The van der Waals surface area contributed by atoms with E-state index < -0.39 is 11.7 Å². The zero-order valence-electron chi connectivity index (χ0n) is 15.3. The summed E-state index contributed by atoms with van der Waals surface area (Å²) in [6.07, 6.45) is 3.72. The summed E-state index contributed by atoms with van der Waals surface area (Å²) in [6.45, 7) is 2.58. The van der Waals surface area contributed by atoms with Gasteiger partial charge in [-0.05, 0) is 43.8 Å². The van der Waals surface area contributed by atoms with Crippen LogP contribution >= 0.6 is 0 Å². The number of halogens is 3. The van der Waals surface area contributed by atoms with Crippen molar-refractivity contribution in [2.45, 2.75) is 50.7 Å². The van der Waals surface area contributed by atoms with Crippen molar-refractivity contribution in [2.24, 2.45) is 4.99 Å². The van der Waals surface area contributed by atoms with Gasteiger partial charge in [0.05, 0.1) is 35.2 Å². The van der Waals surface area contributed by atoms with E-state index in [2.05, 4.69) is 25.4 Å². The molecule has 0 aromatic carbocycles. The van der Waals surface area contributed by atoms with Crippen molar-refractivity contribution in [3.8, 4) is 0 Å². The minimum absolute atomic E-state index is 0.0868. The van der Waals surface area contributed by atoms with E-state index in [-0.39, 0.29) is 23.6 Å². The van der Waals surface area contributed by atoms with Gasteiger partial charge in [0.1, 0.15) is 0 Å². The second-order valence-electron chi connectivity index (χ2n) is 7.57. The van der Waals surface area contributed by atoms with E-state index in [0.29, 0.717) is 12.2 Å². The fraction of sp³-hybridized carbons (Fsp3) is 0.474. The zero-order valence-corrected chi connectivity index (χ0v) is 15.3. The quantitative estimate of drug-likeness (QED) is 0.846. The van der Waals surface area contributed by atoms with Gasteiger partial charge in [0.25, 0.3) is 0 Å². The van der Waals surface area contributed by atoms with E-state index in [9.17, 15) is 13.2 Å². The van der Waals surface area contributed by atoms with Crippen LogP contribution in [0.1, 0.15) is 54.6 Å². The summed E-state index contributed by atoms with van der Waals surface area (Å²) in [5.41, 5.74) is 3.41. The summed E-state index contributed by atoms with van der Waals surface area (Å²) >= 11 is 0. The molecule has 3 aliphatic rings. The Labute approximate surface area is 159 Å². The Morgan fingerprint density at radius 3 is 2.79 bits per heavy atom. The number of rotatable bonds is 4. The van der Waals surface area contributed by atoms with Crippen LogP contribution in [-0.2, 0) is 6.18 Å². The highest BCUT2D eigenvalue weighted by atomic mass is 19.4. The summed E-state index contributed by atoms with van der Waals surface area (Å²) in [7, 11) is 0. The molecule has 9 heteroatoms. The molecule has 0 bridgehead atoms. The largest absolute Gasteiger partial charge is 0.419 e. The lowest BCUT2D eigenvalue weighted by Crippen LogP contribution is -2.12. The van der Waals surface area contributed by atoms with Crippen molar-refractivity contribution in [3.05, 3.63) is 40.5 Å². The summed E-state index contributed by atoms with van der Waals surface area (Å²) in [5.74, 6) is 0.0447. The molecule has 28 heavy (non-hydrogen) atoms. The highest BCUT2D eigenvalue weighted by molar-refractivity contribution is 5.83. The van der Waals surface area contributed by atoms with E-state index in [0.717, 1.165) is 37.6 Å². The molecule has 0 spiro atoms. The molecule has 2 aliphatic carbocycles.